The van der Waals surface area contributed by atoms with Crippen molar-refractivity contribution in [3.05, 3.63) is 35.1 Å². The van der Waals surface area contributed by atoms with Crippen molar-refractivity contribution in [1.29, 1.82) is 0 Å². The lowest BCUT2D eigenvalue weighted by molar-refractivity contribution is 0.0627. The van der Waals surface area contributed by atoms with Gasteiger partial charge in [0, 0.05) is 13.1 Å². The molecule has 0 spiro atoms. The summed E-state index contributed by atoms with van der Waals surface area (Å²) in [5.74, 6) is -1.94. The molecule has 0 bridgehead atoms. The van der Waals surface area contributed by atoms with Crippen molar-refractivity contribution in [1.82, 2.24) is 4.90 Å². The number of halogens is 1. The molecule has 0 aliphatic rings. The highest BCUT2D eigenvalue weighted by atomic mass is 19.1. The zero-order chi connectivity index (χ0) is 14.4. The molecule has 0 aliphatic carbocycles. The quantitative estimate of drug-likeness (QED) is 0.825. The van der Waals surface area contributed by atoms with E-state index in [2.05, 4.69) is 0 Å². The summed E-state index contributed by atoms with van der Waals surface area (Å²) >= 11 is 0. The third-order valence-corrected chi connectivity index (χ3v) is 2.64. The maximum atomic E-state index is 13.5. The lowest BCUT2D eigenvalue weighted by atomic mass is 10.1. The molecule has 106 valence electrons. The van der Waals surface area contributed by atoms with E-state index in [1.165, 1.54) is 12.1 Å². The van der Waals surface area contributed by atoms with Crippen LogP contribution in [0.2, 0.25) is 0 Å². The number of carboxylic acid groups (broad SMARTS) is 1. The Morgan fingerprint density at radius 3 is 2.68 bits per heavy atom. The zero-order valence-corrected chi connectivity index (χ0v) is 11.5. The Labute approximate surface area is 112 Å². The third-order valence-electron chi connectivity index (χ3n) is 2.64. The maximum Gasteiger partial charge on any atom is 0.338 e. The summed E-state index contributed by atoms with van der Waals surface area (Å²) in [5.41, 5.74) is 0.448. The molecule has 1 rings (SSSR count). The number of likely N-dealkylation sites (N-methyl/N-ethyl adjacent to an activating group) is 1. The highest BCUT2D eigenvalue weighted by molar-refractivity contribution is 5.87. The number of nitrogens with zero attached hydrogens (tertiary/aromatic N) is 1. The third kappa shape index (κ3) is 5.36. The van der Waals surface area contributed by atoms with E-state index in [9.17, 15) is 9.18 Å². The molecular formula is C14H20FNO3. The molecule has 0 amide bonds. The van der Waals surface area contributed by atoms with Gasteiger partial charge in [0.15, 0.2) is 0 Å². The minimum atomic E-state index is -1.25. The molecule has 0 saturated carbocycles. The van der Waals surface area contributed by atoms with Gasteiger partial charge in [-0.1, -0.05) is 6.07 Å². The first-order valence-electron chi connectivity index (χ1n) is 6.22. The summed E-state index contributed by atoms with van der Waals surface area (Å²) in [5, 5.41) is 8.74. The van der Waals surface area contributed by atoms with Gasteiger partial charge < -0.3 is 9.84 Å². The van der Waals surface area contributed by atoms with Gasteiger partial charge in [-0.3, -0.25) is 4.90 Å². The van der Waals surface area contributed by atoms with Crippen molar-refractivity contribution < 1.29 is 19.0 Å². The molecule has 0 heterocycles. The molecule has 4 nitrogen and oxygen atoms in total. The van der Waals surface area contributed by atoms with Crippen LogP contribution in [0.1, 0.15) is 29.8 Å². The maximum absolute atomic E-state index is 13.5. The SMILES string of the molecule is CC(C)OCCN(C)Cc1ccc(C(=O)O)c(F)c1. The van der Waals surface area contributed by atoms with Crippen molar-refractivity contribution in [2.75, 3.05) is 20.2 Å². The molecule has 0 aliphatic heterocycles. The van der Waals surface area contributed by atoms with Crippen molar-refractivity contribution >= 4 is 5.97 Å². The van der Waals surface area contributed by atoms with Gasteiger partial charge in [0.05, 0.1) is 18.3 Å². The zero-order valence-electron chi connectivity index (χ0n) is 11.5. The van der Waals surface area contributed by atoms with Crippen LogP contribution in [0.5, 0.6) is 0 Å². The fourth-order valence-electron chi connectivity index (χ4n) is 1.67. The molecule has 5 heteroatoms. The standard InChI is InChI=1S/C14H20FNO3/c1-10(2)19-7-6-16(3)9-11-4-5-12(14(17)18)13(15)8-11/h4-5,8,10H,6-7,9H2,1-3H3,(H,17,18). The van der Waals surface area contributed by atoms with Crippen LogP contribution in [0.3, 0.4) is 0 Å². The molecule has 19 heavy (non-hydrogen) atoms. The van der Waals surface area contributed by atoms with Crippen LogP contribution in [-0.4, -0.2) is 42.3 Å². The monoisotopic (exact) mass is 269 g/mol. The fraction of sp³-hybridized carbons (Fsp3) is 0.500. The van der Waals surface area contributed by atoms with Gasteiger partial charge in [0.25, 0.3) is 0 Å². The smallest absolute Gasteiger partial charge is 0.338 e. The fourth-order valence-corrected chi connectivity index (χ4v) is 1.67. The molecule has 1 aromatic carbocycles. The Bertz CT molecular complexity index is 435. The number of rotatable bonds is 7. The van der Waals surface area contributed by atoms with E-state index in [0.717, 1.165) is 12.1 Å². The highest BCUT2D eigenvalue weighted by Crippen LogP contribution is 2.12. The first-order valence-corrected chi connectivity index (χ1v) is 6.22. The van der Waals surface area contributed by atoms with Crippen LogP contribution in [0.15, 0.2) is 18.2 Å². The molecular weight excluding hydrogens is 249 g/mol. The largest absolute Gasteiger partial charge is 0.478 e. The highest BCUT2D eigenvalue weighted by Gasteiger charge is 2.11. The summed E-state index contributed by atoms with van der Waals surface area (Å²) < 4.78 is 18.9. The molecule has 1 aromatic rings. The summed E-state index contributed by atoms with van der Waals surface area (Å²) in [7, 11) is 1.91. The van der Waals surface area contributed by atoms with Gasteiger partial charge in [-0.2, -0.15) is 0 Å². The second-order valence-corrected chi connectivity index (χ2v) is 4.78. The first-order chi connectivity index (χ1) is 8.90. The molecule has 0 aromatic heterocycles. The van der Waals surface area contributed by atoms with E-state index in [1.54, 1.807) is 6.07 Å². The number of carboxylic acids is 1. The van der Waals surface area contributed by atoms with Gasteiger partial charge in [0.2, 0.25) is 0 Å². The average Bonchev–Trinajstić information content (AvgIpc) is 2.27. The summed E-state index contributed by atoms with van der Waals surface area (Å²) in [6, 6.07) is 4.20. The average molecular weight is 269 g/mol. The summed E-state index contributed by atoms with van der Waals surface area (Å²) in [4.78, 5) is 12.7. The summed E-state index contributed by atoms with van der Waals surface area (Å²) in [6.07, 6.45) is 0.195. The minimum Gasteiger partial charge on any atom is -0.478 e. The van der Waals surface area contributed by atoms with Gasteiger partial charge in [-0.05, 0) is 38.6 Å². The lowest BCUT2D eigenvalue weighted by Gasteiger charge is -2.17. The van der Waals surface area contributed by atoms with E-state index in [-0.39, 0.29) is 11.7 Å². The van der Waals surface area contributed by atoms with E-state index in [4.69, 9.17) is 9.84 Å². The number of aromatic carboxylic acids is 1. The van der Waals surface area contributed by atoms with E-state index in [1.807, 2.05) is 25.8 Å². The number of hydrogen-bond acceptors (Lipinski definition) is 3. The van der Waals surface area contributed by atoms with E-state index >= 15 is 0 Å². The van der Waals surface area contributed by atoms with Gasteiger partial charge in [-0.15, -0.1) is 0 Å². The van der Waals surface area contributed by atoms with E-state index < -0.39 is 11.8 Å². The number of hydrogen-bond donors (Lipinski definition) is 1. The minimum absolute atomic E-state index is 0.195. The van der Waals surface area contributed by atoms with Crippen molar-refractivity contribution in [3.8, 4) is 0 Å². The molecule has 0 unspecified atom stereocenters. The molecule has 0 atom stereocenters. The molecule has 0 radical (unpaired) electrons. The van der Waals surface area contributed by atoms with Crippen molar-refractivity contribution in [2.24, 2.45) is 0 Å². The lowest BCUT2D eigenvalue weighted by Crippen LogP contribution is -2.24. The second kappa shape index (κ2) is 7.21. The van der Waals surface area contributed by atoms with Crippen LogP contribution < -0.4 is 0 Å². The van der Waals surface area contributed by atoms with Crippen molar-refractivity contribution in [3.63, 3.8) is 0 Å². The van der Waals surface area contributed by atoms with Crippen LogP contribution in [0.25, 0.3) is 0 Å². The normalized spacial score (nSPS) is 11.3. The van der Waals surface area contributed by atoms with Crippen LogP contribution in [0, 0.1) is 5.82 Å². The number of carbonyl (C=O) groups is 1. The van der Waals surface area contributed by atoms with Crippen molar-refractivity contribution in [2.45, 2.75) is 26.5 Å². The predicted molar refractivity (Wildman–Crippen MR) is 70.8 cm³/mol. The summed E-state index contributed by atoms with van der Waals surface area (Å²) in [6.45, 7) is 5.85. The van der Waals surface area contributed by atoms with E-state index in [0.29, 0.717) is 13.2 Å². The molecule has 1 N–H and O–H groups in total. The Morgan fingerprint density at radius 2 is 2.16 bits per heavy atom. The Balaban J connectivity index is 2.53. The molecule has 0 fully saturated rings. The molecule has 0 saturated heterocycles. The predicted octanol–water partition coefficient (Wildman–Crippen LogP) is 2.38. The van der Waals surface area contributed by atoms with Crippen LogP contribution in [0.4, 0.5) is 4.39 Å². The van der Waals surface area contributed by atoms with Gasteiger partial charge in [-0.25, -0.2) is 9.18 Å². The van der Waals surface area contributed by atoms with Gasteiger partial charge in [0.1, 0.15) is 5.82 Å². The van der Waals surface area contributed by atoms with Gasteiger partial charge >= 0.3 is 5.97 Å². The Hall–Kier alpha value is -1.46. The van der Waals surface area contributed by atoms with Crippen LogP contribution >= 0.6 is 0 Å². The Kier molecular flexibility index (Phi) is 5.92. The van der Waals surface area contributed by atoms with Crippen LogP contribution in [-0.2, 0) is 11.3 Å². The second-order valence-electron chi connectivity index (χ2n) is 4.78. The number of ether oxygens (including phenoxy) is 1. The topological polar surface area (TPSA) is 49.8 Å². The first kappa shape index (κ1) is 15.6. The Morgan fingerprint density at radius 1 is 1.47 bits per heavy atom. The number of benzene rings is 1.